The number of benzene rings is 1. The molecule has 0 bridgehead atoms. The summed E-state index contributed by atoms with van der Waals surface area (Å²) in [7, 11) is 0. The van der Waals surface area contributed by atoms with E-state index in [2.05, 4.69) is 9.88 Å². The van der Waals surface area contributed by atoms with E-state index in [4.69, 9.17) is 0 Å². The van der Waals surface area contributed by atoms with Crippen molar-refractivity contribution in [2.75, 3.05) is 24.5 Å². The highest BCUT2D eigenvalue weighted by molar-refractivity contribution is 5.98. The number of carbonyl (C=O) groups excluding carboxylic acids is 1. The minimum Gasteiger partial charge on any atom is -0.312 e. The van der Waals surface area contributed by atoms with Crippen LogP contribution in [0.4, 0.5) is 10.1 Å². The minimum atomic E-state index is -0.320. The number of hydrogen-bond acceptors (Lipinski definition) is 3. The lowest BCUT2D eigenvalue weighted by Crippen LogP contribution is -2.56. The molecule has 1 unspecified atom stereocenters. The van der Waals surface area contributed by atoms with Crippen LogP contribution in [0.2, 0.25) is 0 Å². The third-order valence-corrected chi connectivity index (χ3v) is 5.64. The molecule has 0 N–H and O–H groups in total. The lowest BCUT2D eigenvalue weighted by Gasteiger charge is -2.47. The smallest absolute Gasteiger partial charge is 0.234 e. The van der Waals surface area contributed by atoms with Crippen molar-refractivity contribution in [1.82, 2.24) is 9.88 Å². The Balaban J connectivity index is 1.52. The second-order valence-electron chi connectivity index (χ2n) is 7.45. The van der Waals surface area contributed by atoms with Crippen molar-refractivity contribution in [3.63, 3.8) is 0 Å². The maximum Gasteiger partial charge on any atom is 0.234 e. The molecule has 26 heavy (non-hydrogen) atoms. The van der Waals surface area contributed by atoms with Gasteiger partial charge in [0.15, 0.2) is 0 Å². The summed E-state index contributed by atoms with van der Waals surface area (Å²) in [6.45, 7) is 3.28. The molecule has 0 saturated carbocycles. The number of hydrogen-bond donors (Lipinski definition) is 0. The zero-order valence-corrected chi connectivity index (χ0v) is 14.9. The Labute approximate surface area is 153 Å². The summed E-state index contributed by atoms with van der Waals surface area (Å²) in [5, 5.41) is 0. The van der Waals surface area contributed by atoms with Gasteiger partial charge in [-0.15, -0.1) is 0 Å². The van der Waals surface area contributed by atoms with Crippen molar-refractivity contribution in [3.05, 3.63) is 60.2 Å². The number of pyridine rings is 1. The molecule has 5 heteroatoms. The molecule has 0 radical (unpaired) electrons. The third kappa shape index (κ3) is 3.36. The minimum absolute atomic E-state index is 0.195. The zero-order valence-electron chi connectivity index (χ0n) is 14.9. The Morgan fingerprint density at radius 1 is 1.04 bits per heavy atom. The molecule has 2 saturated heterocycles. The summed E-state index contributed by atoms with van der Waals surface area (Å²) in [5.41, 5.74) is 1.53. The standard InChI is InChI=1S/C21H24FN3O/c22-17-6-8-19(9-7-17)25-14-4-11-21(20(25)26)10-3-13-24(16-21)15-18-5-1-2-12-23-18/h1-2,5-9,12H,3-4,10-11,13-16H2. The van der Waals surface area contributed by atoms with E-state index in [1.165, 1.54) is 12.1 Å². The molecule has 1 aromatic carbocycles. The van der Waals surface area contributed by atoms with Crippen LogP contribution in [0.3, 0.4) is 0 Å². The summed E-state index contributed by atoms with van der Waals surface area (Å²) in [6, 6.07) is 12.2. The first-order valence-electron chi connectivity index (χ1n) is 9.36. The van der Waals surface area contributed by atoms with E-state index >= 15 is 0 Å². The Morgan fingerprint density at radius 3 is 2.54 bits per heavy atom. The number of anilines is 1. The number of aromatic nitrogens is 1. The summed E-state index contributed by atoms with van der Waals surface area (Å²) >= 11 is 0. The summed E-state index contributed by atoms with van der Waals surface area (Å²) in [6.07, 6.45) is 5.69. The first-order chi connectivity index (χ1) is 12.7. The number of carbonyl (C=O) groups is 1. The Bertz CT molecular complexity index is 761. The highest BCUT2D eigenvalue weighted by Crippen LogP contribution is 2.41. The third-order valence-electron chi connectivity index (χ3n) is 5.64. The molecule has 1 spiro atoms. The fourth-order valence-corrected chi connectivity index (χ4v) is 4.40. The Kier molecular flexibility index (Phi) is 4.72. The first kappa shape index (κ1) is 17.2. The van der Waals surface area contributed by atoms with Gasteiger partial charge in [0.1, 0.15) is 5.82 Å². The number of nitrogens with zero attached hydrogens (tertiary/aromatic N) is 3. The highest BCUT2D eigenvalue weighted by Gasteiger charge is 2.46. The van der Waals surface area contributed by atoms with E-state index in [1.54, 1.807) is 12.1 Å². The maximum absolute atomic E-state index is 13.4. The summed E-state index contributed by atoms with van der Waals surface area (Å²) in [5.74, 6) is -0.0757. The lowest BCUT2D eigenvalue weighted by atomic mass is 9.72. The van der Waals surface area contributed by atoms with Gasteiger partial charge in [0.2, 0.25) is 5.91 Å². The fraction of sp³-hybridized carbons (Fsp3) is 0.429. The molecule has 2 aromatic rings. The van der Waals surface area contributed by atoms with Gasteiger partial charge in [-0.05, 0) is 68.6 Å². The second kappa shape index (κ2) is 7.16. The largest absolute Gasteiger partial charge is 0.312 e. The van der Waals surface area contributed by atoms with E-state index in [1.807, 2.05) is 29.3 Å². The van der Waals surface area contributed by atoms with Crippen LogP contribution in [0, 0.1) is 11.2 Å². The SMILES string of the molecule is O=C1N(c2ccc(F)cc2)CCCC12CCCN(Cc1ccccn1)C2. The van der Waals surface area contributed by atoms with Crippen LogP contribution in [0.1, 0.15) is 31.4 Å². The van der Waals surface area contributed by atoms with E-state index in [9.17, 15) is 9.18 Å². The summed E-state index contributed by atoms with van der Waals surface area (Å²) < 4.78 is 13.2. The van der Waals surface area contributed by atoms with Gasteiger partial charge >= 0.3 is 0 Å². The van der Waals surface area contributed by atoms with E-state index < -0.39 is 0 Å². The molecule has 2 aliphatic rings. The van der Waals surface area contributed by atoms with Crippen molar-refractivity contribution in [3.8, 4) is 0 Å². The monoisotopic (exact) mass is 353 g/mol. The van der Waals surface area contributed by atoms with Gasteiger partial charge in [0.25, 0.3) is 0 Å². The average Bonchev–Trinajstić information content (AvgIpc) is 2.66. The van der Waals surface area contributed by atoms with Crippen LogP contribution in [0.5, 0.6) is 0 Å². The number of amides is 1. The Hall–Kier alpha value is -2.27. The van der Waals surface area contributed by atoms with Gasteiger partial charge in [0.05, 0.1) is 11.1 Å². The van der Waals surface area contributed by atoms with Gasteiger partial charge in [0, 0.05) is 31.5 Å². The van der Waals surface area contributed by atoms with Gasteiger partial charge in [-0.25, -0.2) is 4.39 Å². The molecule has 4 rings (SSSR count). The molecule has 0 aliphatic carbocycles. The van der Waals surface area contributed by atoms with Crippen LogP contribution >= 0.6 is 0 Å². The number of halogens is 1. The van der Waals surface area contributed by atoms with Crippen molar-refractivity contribution >= 4 is 11.6 Å². The normalized spacial score (nSPS) is 24.2. The van der Waals surface area contributed by atoms with Crippen molar-refractivity contribution in [2.24, 2.45) is 5.41 Å². The molecule has 1 atom stereocenters. The molecule has 1 amide bonds. The molecule has 2 fully saturated rings. The van der Waals surface area contributed by atoms with E-state index in [0.717, 1.165) is 56.7 Å². The Morgan fingerprint density at radius 2 is 1.81 bits per heavy atom. The van der Waals surface area contributed by atoms with Crippen LogP contribution < -0.4 is 4.90 Å². The molecular formula is C21H24FN3O. The lowest BCUT2D eigenvalue weighted by molar-refractivity contribution is -0.134. The molecule has 2 aliphatic heterocycles. The quantitative estimate of drug-likeness (QED) is 0.845. The maximum atomic E-state index is 13.4. The van der Waals surface area contributed by atoms with Gasteiger partial charge in [-0.1, -0.05) is 6.07 Å². The predicted octanol–water partition coefficient (Wildman–Crippen LogP) is 3.63. The predicted molar refractivity (Wildman–Crippen MR) is 99.2 cm³/mol. The van der Waals surface area contributed by atoms with E-state index in [0.29, 0.717) is 6.54 Å². The van der Waals surface area contributed by atoms with Crippen molar-refractivity contribution in [2.45, 2.75) is 32.2 Å². The fourth-order valence-electron chi connectivity index (χ4n) is 4.40. The van der Waals surface area contributed by atoms with Crippen molar-refractivity contribution < 1.29 is 9.18 Å². The van der Waals surface area contributed by atoms with Crippen LogP contribution in [0.15, 0.2) is 48.7 Å². The van der Waals surface area contributed by atoms with Crippen LogP contribution in [-0.2, 0) is 11.3 Å². The van der Waals surface area contributed by atoms with Gasteiger partial charge < -0.3 is 4.90 Å². The number of likely N-dealkylation sites (tertiary alicyclic amines) is 1. The number of rotatable bonds is 3. The van der Waals surface area contributed by atoms with Gasteiger partial charge in [-0.2, -0.15) is 0 Å². The molecular weight excluding hydrogens is 329 g/mol. The van der Waals surface area contributed by atoms with Crippen LogP contribution in [0.25, 0.3) is 0 Å². The molecule has 4 nitrogen and oxygen atoms in total. The van der Waals surface area contributed by atoms with Gasteiger partial charge in [-0.3, -0.25) is 14.7 Å². The highest BCUT2D eigenvalue weighted by atomic mass is 19.1. The van der Waals surface area contributed by atoms with Crippen LogP contribution in [-0.4, -0.2) is 35.4 Å². The zero-order chi connectivity index (χ0) is 18.0. The topological polar surface area (TPSA) is 36.4 Å². The first-order valence-corrected chi connectivity index (χ1v) is 9.36. The van der Waals surface area contributed by atoms with E-state index in [-0.39, 0.29) is 17.1 Å². The molecule has 1 aromatic heterocycles. The van der Waals surface area contributed by atoms with Crippen molar-refractivity contribution in [1.29, 1.82) is 0 Å². The summed E-state index contributed by atoms with van der Waals surface area (Å²) in [4.78, 5) is 22.0. The average molecular weight is 353 g/mol. The molecule has 3 heterocycles. The number of piperidine rings is 2. The molecule has 136 valence electrons. The second-order valence-corrected chi connectivity index (χ2v) is 7.45.